The van der Waals surface area contributed by atoms with Crippen LogP contribution in [0, 0.1) is 17.8 Å². The first-order chi connectivity index (χ1) is 8.06. The molecule has 4 heteroatoms. The number of hydrogen-bond acceptors (Lipinski definition) is 4. The molecule has 2 saturated carbocycles. The van der Waals surface area contributed by atoms with Gasteiger partial charge in [0.1, 0.15) is 11.7 Å². The summed E-state index contributed by atoms with van der Waals surface area (Å²) in [4.78, 5) is 23.3. The summed E-state index contributed by atoms with van der Waals surface area (Å²) in [6.07, 6.45) is 2.92. The predicted molar refractivity (Wildman–Crippen MR) is 59.0 cm³/mol. The maximum atomic E-state index is 11.7. The summed E-state index contributed by atoms with van der Waals surface area (Å²) in [5, 5.41) is 0. The van der Waals surface area contributed by atoms with Gasteiger partial charge in [-0.3, -0.25) is 9.59 Å². The van der Waals surface area contributed by atoms with Crippen LogP contribution in [-0.2, 0) is 19.1 Å². The van der Waals surface area contributed by atoms with Crippen molar-refractivity contribution in [1.29, 1.82) is 0 Å². The molecule has 0 N–H and O–H groups in total. The molecule has 4 rings (SSSR count). The lowest BCUT2D eigenvalue weighted by Gasteiger charge is -2.47. The second kappa shape index (κ2) is 3.47. The van der Waals surface area contributed by atoms with E-state index in [9.17, 15) is 9.59 Å². The first kappa shape index (κ1) is 11.1. The molecule has 0 aromatic heterocycles. The Morgan fingerprint density at radius 3 is 2.94 bits per heavy atom. The lowest BCUT2D eigenvalue weighted by molar-refractivity contribution is -0.220. The van der Waals surface area contributed by atoms with Crippen molar-refractivity contribution in [2.45, 2.75) is 51.2 Å². The molecule has 2 heterocycles. The Morgan fingerprint density at radius 1 is 1.53 bits per heavy atom. The maximum Gasteiger partial charge on any atom is 0.309 e. The summed E-state index contributed by atoms with van der Waals surface area (Å²) in [7, 11) is 0. The van der Waals surface area contributed by atoms with E-state index in [0.717, 1.165) is 19.3 Å². The van der Waals surface area contributed by atoms with Gasteiger partial charge in [0, 0.05) is 18.3 Å². The molecule has 2 aliphatic heterocycles. The van der Waals surface area contributed by atoms with Crippen LogP contribution < -0.4 is 0 Å². The zero-order valence-corrected chi connectivity index (χ0v) is 10.3. The van der Waals surface area contributed by atoms with Gasteiger partial charge in [0.05, 0.1) is 5.92 Å². The Balaban J connectivity index is 1.81. The summed E-state index contributed by atoms with van der Waals surface area (Å²) < 4.78 is 11.1. The minimum Gasteiger partial charge on any atom is -0.458 e. The van der Waals surface area contributed by atoms with E-state index >= 15 is 0 Å². The molecular formula is C13H18O4. The molecule has 2 aliphatic carbocycles. The third-order valence-corrected chi connectivity index (χ3v) is 4.66. The van der Waals surface area contributed by atoms with Gasteiger partial charge in [-0.05, 0) is 26.2 Å². The standard InChI is InChI=1S/C13H18O4/c1-3-4-10(14)17-13(2)9-6-7-5-8(9)12(15)16-11(7)13/h7-9,11H,3-6H2,1-2H3. The highest BCUT2D eigenvalue weighted by molar-refractivity contribution is 5.77. The van der Waals surface area contributed by atoms with Crippen molar-refractivity contribution in [3.05, 3.63) is 0 Å². The summed E-state index contributed by atoms with van der Waals surface area (Å²) in [5.41, 5.74) is -0.562. The normalized spacial score (nSPS) is 46.1. The molecule has 4 fully saturated rings. The van der Waals surface area contributed by atoms with Gasteiger partial charge in [-0.15, -0.1) is 0 Å². The summed E-state index contributed by atoms with van der Waals surface area (Å²) >= 11 is 0. The first-order valence-electron chi connectivity index (χ1n) is 6.48. The molecule has 5 unspecified atom stereocenters. The van der Waals surface area contributed by atoms with Crippen LogP contribution in [0.3, 0.4) is 0 Å². The van der Waals surface area contributed by atoms with E-state index < -0.39 is 5.60 Å². The van der Waals surface area contributed by atoms with Crippen LogP contribution in [0.25, 0.3) is 0 Å². The van der Waals surface area contributed by atoms with Crippen LogP contribution in [0.2, 0.25) is 0 Å². The zero-order valence-electron chi connectivity index (χ0n) is 10.3. The maximum absolute atomic E-state index is 11.7. The number of esters is 2. The van der Waals surface area contributed by atoms with Crippen LogP contribution in [0.15, 0.2) is 0 Å². The molecule has 0 amide bonds. The fourth-order valence-corrected chi connectivity index (χ4v) is 3.96. The van der Waals surface area contributed by atoms with E-state index in [1.165, 1.54) is 0 Å². The minimum atomic E-state index is -0.562. The second-order valence-electron chi connectivity index (χ2n) is 5.71. The van der Waals surface area contributed by atoms with Gasteiger partial charge < -0.3 is 9.47 Å². The largest absolute Gasteiger partial charge is 0.458 e. The molecule has 5 atom stereocenters. The van der Waals surface area contributed by atoms with Crippen LogP contribution >= 0.6 is 0 Å². The Bertz CT molecular complexity index is 374. The molecule has 0 aromatic rings. The Kier molecular flexibility index (Phi) is 2.25. The van der Waals surface area contributed by atoms with Crippen molar-refractivity contribution in [2.24, 2.45) is 17.8 Å². The van der Waals surface area contributed by atoms with Crippen molar-refractivity contribution in [3.63, 3.8) is 0 Å². The van der Waals surface area contributed by atoms with Crippen molar-refractivity contribution in [3.8, 4) is 0 Å². The highest BCUT2D eigenvalue weighted by Gasteiger charge is 2.69. The van der Waals surface area contributed by atoms with Crippen LogP contribution in [0.1, 0.15) is 39.5 Å². The van der Waals surface area contributed by atoms with Gasteiger partial charge in [0.2, 0.25) is 0 Å². The van der Waals surface area contributed by atoms with E-state index in [4.69, 9.17) is 9.47 Å². The third kappa shape index (κ3) is 1.36. The summed E-state index contributed by atoms with van der Waals surface area (Å²) in [6, 6.07) is 0. The minimum absolute atomic E-state index is 0.0376. The van der Waals surface area contributed by atoms with E-state index in [0.29, 0.717) is 12.3 Å². The fourth-order valence-electron chi connectivity index (χ4n) is 3.96. The Labute approximate surface area is 101 Å². The van der Waals surface area contributed by atoms with Gasteiger partial charge in [-0.25, -0.2) is 0 Å². The number of carbonyl (C=O) groups excluding carboxylic acids is 2. The monoisotopic (exact) mass is 238 g/mol. The highest BCUT2D eigenvalue weighted by Crippen LogP contribution is 2.60. The summed E-state index contributed by atoms with van der Waals surface area (Å²) in [5.74, 6) is 0.299. The van der Waals surface area contributed by atoms with E-state index in [-0.39, 0.29) is 29.9 Å². The highest BCUT2D eigenvalue weighted by atomic mass is 16.6. The smallest absolute Gasteiger partial charge is 0.309 e. The number of fused-ring (bicyclic) bond motifs is 1. The van der Waals surface area contributed by atoms with Crippen molar-refractivity contribution in [1.82, 2.24) is 0 Å². The topological polar surface area (TPSA) is 52.6 Å². The molecule has 0 aromatic carbocycles. The SMILES string of the molecule is CCCC(=O)OC1(C)C2CC3CC2C(=O)OC31. The van der Waals surface area contributed by atoms with Gasteiger partial charge in [-0.1, -0.05) is 6.92 Å². The Morgan fingerprint density at radius 2 is 2.29 bits per heavy atom. The predicted octanol–water partition coefficient (Wildman–Crippen LogP) is 1.67. The average Bonchev–Trinajstić information content (AvgIpc) is 2.74. The van der Waals surface area contributed by atoms with Gasteiger partial charge in [0.15, 0.2) is 0 Å². The molecule has 0 spiro atoms. The summed E-state index contributed by atoms with van der Waals surface area (Å²) in [6.45, 7) is 3.89. The zero-order chi connectivity index (χ0) is 12.2. The number of ether oxygens (including phenoxy) is 2. The molecule has 4 bridgehead atoms. The number of hydrogen-bond donors (Lipinski definition) is 0. The van der Waals surface area contributed by atoms with E-state index in [2.05, 4.69) is 0 Å². The van der Waals surface area contributed by atoms with Crippen LogP contribution in [0.5, 0.6) is 0 Å². The van der Waals surface area contributed by atoms with Gasteiger partial charge in [0.25, 0.3) is 0 Å². The molecule has 94 valence electrons. The Hall–Kier alpha value is -1.06. The molecule has 4 aliphatic rings. The number of carbonyl (C=O) groups is 2. The van der Waals surface area contributed by atoms with Crippen LogP contribution in [0.4, 0.5) is 0 Å². The first-order valence-corrected chi connectivity index (χ1v) is 6.48. The molecular weight excluding hydrogens is 220 g/mol. The van der Waals surface area contributed by atoms with Crippen molar-refractivity contribution >= 4 is 11.9 Å². The van der Waals surface area contributed by atoms with E-state index in [1.807, 2.05) is 13.8 Å². The van der Waals surface area contributed by atoms with E-state index in [1.54, 1.807) is 0 Å². The number of rotatable bonds is 3. The second-order valence-corrected chi connectivity index (χ2v) is 5.71. The fraction of sp³-hybridized carbons (Fsp3) is 0.846. The molecule has 4 nitrogen and oxygen atoms in total. The molecule has 0 radical (unpaired) electrons. The van der Waals surface area contributed by atoms with Gasteiger partial charge >= 0.3 is 11.9 Å². The molecule has 2 saturated heterocycles. The average molecular weight is 238 g/mol. The quantitative estimate of drug-likeness (QED) is 0.702. The lowest BCUT2D eigenvalue weighted by Crippen LogP contribution is -2.59. The van der Waals surface area contributed by atoms with Gasteiger partial charge in [-0.2, -0.15) is 0 Å². The van der Waals surface area contributed by atoms with Crippen molar-refractivity contribution < 1.29 is 19.1 Å². The van der Waals surface area contributed by atoms with Crippen LogP contribution in [-0.4, -0.2) is 23.6 Å². The third-order valence-electron chi connectivity index (χ3n) is 4.66. The van der Waals surface area contributed by atoms with Crippen molar-refractivity contribution in [2.75, 3.05) is 0 Å². The molecule has 17 heavy (non-hydrogen) atoms. The lowest BCUT2D eigenvalue weighted by atomic mass is 9.73.